The van der Waals surface area contributed by atoms with Crippen LogP contribution in [0.4, 0.5) is 18.9 Å². The van der Waals surface area contributed by atoms with Crippen molar-refractivity contribution < 1.29 is 13.2 Å². The number of alkyl halides is 3. The summed E-state index contributed by atoms with van der Waals surface area (Å²) in [5, 5.41) is 9.05. The molecule has 1 heterocycles. The summed E-state index contributed by atoms with van der Waals surface area (Å²) in [5.74, 6) is 0. The topological polar surface area (TPSA) is 53.0 Å². The first-order valence-corrected chi connectivity index (χ1v) is 5.98. The molecule has 0 amide bonds. The van der Waals surface area contributed by atoms with Crippen molar-refractivity contribution in [1.82, 2.24) is 0 Å². The van der Waals surface area contributed by atoms with E-state index in [4.69, 9.17) is 11.0 Å². The highest BCUT2D eigenvalue weighted by Gasteiger charge is 2.33. The number of anilines is 1. The van der Waals surface area contributed by atoms with Gasteiger partial charge in [-0.05, 0) is 31.5 Å². The van der Waals surface area contributed by atoms with Crippen LogP contribution >= 0.6 is 0 Å². The second kappa shape index (κ2) is 4.74. The first kappa shape index (κ1) is 13.7. The van der Waals surface area contributed by atoms with E-state index in [1.165, 1.54) is 6.07 Å². The molecule has 2 atom stereocenters. The summed E-state index contributed by atoms with van der Waals surface area (Å²) in [6.45, 7) is 2.57. The van der Waals surface area contributed by atoms with Gasteiger partial charge in [0, 0.05) is 18.6 Å². The fourth-order valence-electron chi connectivity index (χ4n) is 2.36. The molecule has 2 unspecified atom stereocenters. The van der Waals surface area contributed by atoms with Crippen LogP contribution in [0, 0.1) is 11.3 Å². The van der Waals surface area contributed by atoms with Gasteiger partial charge in [-0.3, -0.25) is 0 Å². The van der Waals surface area contributed by atoms with Crippen molar-refractivity contribution >= 4 is 5.69 Å². The van der Waals surface area contributed by atoms with Gasteiger partial charge in [-0.15, -0.1) is 0 Å². The lowest BCUT2D eigenvalue weighted by Crippen LogP contribution is -2.37. The number of hydrogen-bond acceptors (Lipinski definition) is 3. The Balaban J connectivity index is 2.41. The average molecular weight is 269 g/mol. The molecule has 3 nitrogen and oxygen atoms in total. The highest BCUT2D eigenvalue weighted by molar-refractivity contribution is 5.62. The molecule has 0 aromatic heterocycles. The molecule has 1 fully saturated rings. The second-order valence-electron chi connectivity index (χ2n) is 4.73. The largest absolute Gasteiger partial charge is 0.416 e. The van der Waals surface area contributed by atoms with Crippen LogP contribution in [0.1, 0.15) is 24.5 Å². The Morgan fingerprint density at radius 1 is 1.42 bits per heavy atom. The molecule has 0 radical (unpaired) electrons. The number of hydrogen-bond donors (Lipinski definition) is 1. The van der Waals surface area contributed by atoms with Crippen molar-refractivity contribution in [2.24, 2.45) is 5.73 Å². The van der Waals surface area contributed by atoms with Gasteiger partial charge in [0.1, 0.15) is 6.07 Å². The maximum absolute atomic E-state index is 12.6. The van der Waals surface area contributed by atoms with Crippen molar-refractivity contribution in [2.75, 3.05) is 11.4 Å². The van der Waals surface area contributed by atoms with E-state index >= 15 is 0 Å². The molecule has 1 aromatic carbocycles. The molecule has 1 saturated heterocycles. The maximum atomic E-state index is 12.6. The fraction of sp³-hybridized carbons (Fsp3) is 0.462. The van der Waals surface area contributed by atoms with Gasteiger partial charge in [0.15, 0.2) is 0 Å². The van der Waals surface area contributed by atoms with Gasteiger partial charge >= 0.3 is 6.18 Å². The summed E-state index contributed by atoms with van der Waals surface area (Å²) in [6, 6.07) is 5.09. The van der Waals surface area contributed by atoms with E-state index < -0.39 is 11.7 Å². The summed E-state index contributed by atoms with van der Waals surface area (Å²) < 4.78 is 37.8. The molecule has 0 bridgehead atoms. The lowest BCUT2D eigenvalue weighted by atomic mass is 10.1. The minimum Gasteiger partial charge on any atom is -0.366 e. The van der Waals surface area contributed by atoms with Crippen LogP contribution in [0.3, 0.4) is 0 Å². The number of rotatable bonds is 1. The Labute approximate surface area is 109 Å². The molecule has 0 spiro atoms. The van der Waals surface area contributed by atoms with E-state index in [1.807, 2.05) is 17.9 Å². The first-order chi connectivity index (χ1) is 8.84. The van der Waals surface area contributed by atoms with Gasteiger partial charge in [-0.1, -0.05) is 0 Å². The van der Waals surface area contributed by atoms with Gasteiger partial charge in [-0.2, -0.15) is 18.4 Å². The lowest BCUT2D eigenvalue weighted by Gasteiger charge is -2.26. The van der Waals surface area contributed by atoms with Crippen LogP contribution in [0.25, 0.3) is 0 Å². The molecular formula is C13H14F3N3. The Kier molecular flexibility index (Phi) is 3.42. The number of nitriles is 1. The molecule has 102 valence electrons. The molecule has 1 aliphatic rings. The Hall–Kier alpha value is -1.74. The zero-order valence-electron chi connectivity index (χ0n) is 10.4. The van der Waals surface area contributed by atoms with E-state index in [0.29, 0.717) is 12.2 Å². The van der Waals surface area contributed by atoms with Crippen LogP contribution in [0.5, 0.6) is 0 Å². The van der Waals surface area contributed by atoms with Gasteiger partial charge in [-0.25, -0.2) is 0 Å². The normalized spacial score (nSPS) is 23.5. The number of halogens is 3. The quantitative estimate of drug-likeness (QED) is 0.852. The fourth-order valence-corrected chi connectivity index (χ4v) is 2.36. The highest BCUT2D eigenvalue weighted by atomic mass is 19.4. The highest BCUT2D eigenvalue weighted by Crippen LogP contribution is 2.34. The molecule has 19 heavy (non-hydrogen) atoms. The third-order valence-corrected chi connectivity index (χ3v) is 3.57. The van der Waals surface area contributed by atoms with E-state index in [9.17, 15) is 13.2 Å². The minimum atomic E-state index is -4.43. The SMILES string of the molecule is CC1C(N)CCN1c1ccc(C(F)(F)F)cc1C#N. The molecule has 6 heteroatoms. The average Bonchev–Trinajstić information content (AvgIpc) is 2.68. The van der Waals surface area contributed by atoms with E-state index in [1.54, 1.807) is 0 Å². The van der Waals surface area contributed by atoms with Crippen LogP contribution in [0.2, 0.25) is 0 Å². The smallest absolute Gasteiger partial charge is 0.366 e. The third kappa shape index (κ3) is 2.51. The maximum Gasteiger partial charge on any atom is 0.416 e. The molecule has 2 rings (SSSR count). The van der Waals surface area contributed by atoms with Crippen LogP contribution in [-0.4, -0.2) is 18.6 Å². The van der Waals surface area contributed by atoms with Gasteiger partial charge in [0.05, 0.1) is 16.8 Å². The van der Waals surface area contributed by atoms with E-state index in [0.717, 1.165) is 18.6 Å². The molecule has 1 aliphatic heterocycles. The van der Waals surface area contributed by atoms with Gasteiger partial charge < -0.3 is 10.6 Å². The number of nitrogens with two attached hydrogens (primary N) is 1. The number of benzene rings is 1. The summed E-state index contributed by atoms with van der Waals surface area (Å²) in [5.41, 5.74) is 5.65. The Morgan fingerprint density at radius 3 is 2.58 bits per heavy atom. The molecule has 0 saturated carbocycles. The van der Waals surface area contributed by atoms with Crippen molar-refractivity contribution in [3.8, 4) is 6.07 Å². The van der Waals surface area contributed by atoms with E-state index in [2.05, 4.69) is 0 Å². The zero-order chi connectivity index (χ0) is 14.2. The summed E-state index contributed by atoms with van der Waals surface area (Å²) >= 11 is 0. The van der Waals surface area contributed by atoms with E-state index in [-0.39, 0.29) is 17.6 Å². The first-order valence-electron chi connectivity index (χ1n) is 5.98. The third-order valence-electron chi connectivity index (χ3n) is 3.57. The monoisotopic (exact) mass is 269 g/mol. The Bertz CT molecular complexity index is 519. The van der Waals surface area contributed by atoms with Crippen molar-refractivity contribution in [3.05, 3.63) is 29.3 Å². The van der Waals surface area contributed by atoms with Crippen LogP contribution in [-0.2, 0) is 6.18 Å². The standard InChI is InChI=1S/C13H14F3N3/c1-8-11(18)4-5-19(8)12-3-2-10(13(14,15)16)6-9(12)7-17/h2-3,6,8,11H,4-5,18H2,1H3. The summed E-state index contributed by atoms with van der Waals surface area (Å²) in [4.78, 5) is 1.89. The predicted octanol–water partition coefficient (Wildman–Crippen LogP) is 2.50. The molecule has 2 N–H and O–H groups in total. The lowest BCUT2D eigenvalue weighted by molar-refractivity contribution is -0.137. The second-order valence-corrected chi connectivity index (χ2v) is 4.73. The molecule has 0 aliphatic carbocycles. The minimum absolute atomic E-state index is 0.0174. The molecule has 1 aromatic rings. The Morgan fingerprint density at radius 2 is 2.11 bits per heavy atom. The van der Waals surface area contributed by atoms with Crippen LogP contribution < -0.4 is 10.6 Å². The number of nitrogens with zero attached hydrogens (tertiary/aromatic N) is 2. The predicted molar refractivity (Wildman–Crippen MR) is 65.6 cm³/mol. The van der Waals surface area contributed by atoms with Crippen molar-refractivity contribution in [3.63, 3.8) is 0 Å². The van der Waals surface area contributed by atoms with Crippen molar-refractivity contribution in [2.45, 2.75) is 31.6 Å². The van der Waals surface area contributed by atoms with Crippen molar-refractivity contribution in [1.29, 1.82) is 5.26 Å². The van der Waals surface area contributed by atoms with Gasteiger partial charge in [0.2, 0.25) is 0 Å². The van der Waals surface area contributed by atoms with Crippen LogP contribution in [0.15, 0.2) is 18.2 Å². The summed E-state index contributed by atoms with van der Waals surface area (Å²) in [6.07, 6.45) is -3.66. The summed E-state index contributed by atoms with van der Waals surface area (Å²) in [7, 11) is 0. The molecular weight excluding hydrogens is 255 g/mol. The van der Waals surface area contributed by atoms with Gasteiger partial charge in [0.25, 0.3) is 0 Å². The zero-order valence-corrected chi connectivity index (χ0v) is 10.4.